The van der Waals surface area contributed by atoms with E-state index in [1.807, 2.05) is 0 Å². The van der Waals surface area contributed by atoms with Crippen LogP contribution in [-0.2, 0) is 4.79 Å². The summed E-state index contributed by atoms with van der Waals surface area (Å²) in [6.07, 6.45) is 0. The third-order valence-electron chi connectivity index (χ3n) is 4.09. The predicted octanol–water partition coefficient (Wildman–Crippen LogP) is 4.97. The standard InChI is InChI=1S/C21H20ClN5O4S/c1-11-18(19(29)26-16-10-15(24-12(2)28)8-9-17(16)31-3)32-21(23-11)27-20(30)25-14-6-4-13(22)5-7-14/h4-10H,1-3H3,(H,24,28)(H,26,29)(H2,23,25,27,30). The van der Waals surface area contributed by atoms with Gasteiger partial charge >= 0.3 is 6.03 Å². The minimum atomic E-state index is -0.502. The monoisotopic (exact) mass is 473 g/mol. The maximum absolute atomic E-state index is 12.8. The highest BCUT2D eigenvalue weighted by atomic mass is 35.5. The van der Waals surface area contributed by atoms with E-state index in [2.05, 4.69) is 26.3 Å². The van der Waals surface area contributed by atoms with E-state index in [-0.39, 0.29) is 11.0 Å². The molecule has 0 saturated heterocycles. The van der Waals surface area contributed by atoms with Gasteiger partial charge in [-0.05, 0) is 49.4 Å². The number of aromatic nitrogens is 1. The number of ether oxygens (including phenoxy) is 1. The molecule has 0 aliphatic rings. The average molecular weight is 474 g/mol. The number of halogens is 1. The van der Waals surface area contributed by atoms with Crippen LogP contribution in [0.15, 0.2) is 42.5 Å². The Labute approximate surface area is 193 Å². The van der Waals surface area contributed by atoms with Crippen LogP contribution in [0, 0.1) is 6.92 Å². The Balaban J connectivity index is 1.71. The molecule has 0 radical (unpaired) electrons. The van der Waals surface area contributed by atoms with Crippen LogP contribution in [0.25, 0.3) is 0 Å². The number of rotatable bonds is 6. The number of methoxy groups -OCH3 is 1. The first-order valence-corrected chi connectivity index (χ1v) is 10.5. The number of thiazole rings is 1. The highest BCUT2D eigenvalue weighted by molar-refractivity contribution is 7.17. The Morgan fingerprint density at radius 2 is 1.66 bits per heavy atom. The summed E-state index contributed by atoms with van der Waals surface area (Å²) in [5.74, 6) is -0.238. The number of aryl methyl sites for hydroxylation is 1. The van der Waals surface area contributed by atoms with Gasteiger partial charge in [0.2, 0.25) is 5.91 Å². The molecule has 32 heavy (non-hydrogen) atoms. The number of hydrogen-bond donors (Lipinski definition) is 4. The van der Waals surface area contributed by atoms with Gasteiger partial charge in [0.1, 0.15) is 10.6 Å². The van der Waals surface area contributed by atoms with Gasteiger partial charge in [-0.3, -0.25) is 14.9 Å². The fourth-order valence-corrected chi connectivity index (χ4v) is 3.70. The van der Waals surface area contributed by atoms with Gasteiger partial charge < -0.3 is 20.7 Å². The highest BCUT2D eigenvalue weighted by Gasteiger charge is 2.18. The molecule has 3 rings (SSSR count). The smallest absolute Gasteiger partial charge is 0.325 e. The van der Waals surface area contributed by atoms with Crippen molar-refractivity contribution in [2.75, 3.05) is 28.4 Å². The van der Waals surface area contributed by atoms with Gasteiger partial charge in [0.05, 0.1) is 18.5 Å². The van der Waals surface area contributed by atoms with Gasteiger partial charge in [0.25, 0.3) is 5.91 Å². The van der Waals surface area contributed by atoms with Crippen LogP contribution in [-0.4, -0.2) is 29.9 Å². The van der Waals surface area contributed by atoms with Crippen LogP contribution < -0.4 is 26.0 Å². The number of anilines is 4. The molecular weight excluding hydrogens is 454 g/mol. The number of carbonyl (C=O) groups excluding carboxylic acids is 3. The van der Waals surface area contributed by atoms with Crippen molar-refractivity contribution in [2.45, 2.75) is 13.8 Å². The lowest BCUT2D eigenvalue weighted by molar-refractivity contribution is -0.114. The highest BCUT2D eigenvalue weighted by Crippen LogP contribution is 2.30. The molecule has 11 heteroatoms. The summed E-state index contributed by atoms with van der Waals surface area (Å²) >= 11 is 6.86. The van der Waals surface area contributed by atoms with E-state index in [0.29, 0.717) is 38.4 Å². The Hall–Kier alpha value is -3.63. The third kappa shape index (κ3) is 5.96. The molecule has 0 aliphatic heterocycles. The maximum Gasteiger partial charge on any atom is 0.325 e. The second kappa shape index (κ2) is 10.1. The van der Waals surface area contributed by atoms with Gasteiger partial charge in [0, 0.05) is 23.3 Å². The van der Waals surface area contributed by atoms with E-state index in [0.717, 1.165) is 11.3 Å². The van der Waals surface area contributed by atoms with Crippen LogP contribution in [0.5, 0.6) is 5.75 Å². The van der Waals surface area contributed by atoms with Crippen LogP contribution >= 0.6 is 22.9 Å². The third-order valence-corrected chi connectivity index (χ3v) is 5.42. The van der Waals surface area contributed by atoms with Crippen LogP contribution in [0.3, 0.4) is 0 Å². The van der Waals surface area contributed by atoms with Crippen LogP contribution in [0.4, 0.5) is 27.0 Å². The lowest BCUT2D eigenvalue weighted by Crippen LogP contribution is -2.19. The molecule has 4 amide bonds. The molecule has 4 N–H and O–H groups in total. The van der Waals surface area contributed by atoms with Crippen molar-refractivity contribution in [3.63, 3.8) is 0 Å². The summed E-state index contributed by atoms with van der Waals surface area (Å²) in [7, 11) is 1.47. The fraction of sp³-hybridized carbons (Fsp3) is 0.143. The lowest BCUT2D eigenvalue weighted by atomic mass is 10.2. The van der Waals surface area contributed by atoms with Gasteiger partial charge in [-0.2, -0.15) is 0 Å². The van der Waals surface area contributed by atoms with Crippen LogP contribution in [0.2, 0.25) is 5.02 Å². The Bertz CT molecular complexity index is 1160. The zero-order chi connectivity index (χ0) is 23.3. The molecule has 1 heterocycles. The van der Waals surface area contributed by atoms with Crippen molar-refractivity contribution in [1.29, 1.82) is 0 Å². The number of nitrogens with zero attached hydrogens (tertiary/aromatic N) is 1. The van der Waals surface area contributed by atoms with Gasteiger partial charge in [-0.15, -0.1) is 0 Å². The quantitative estimate of drug-likeness (QED) is 0.402. The van der Waals surface area contributed by atoms with E-state index in [1.165, 1.54) is 14.0 Å². The number of benzene rings is 2. The number of hydrogen-bond acceptors (Lipinski definition) is 6. The van der Waals surface area contributed by atoms with Crippen molar-refractivity contribution in [3.05, 3.63) is 58.1 Å². The van der Waals surface area contributed by atoms with Crippen molar-refractivity contribution >= 4 is 63.0 Å². The SMILES string of the molecule is COc1ccc(NC(C)=O)cc1NC(=O)c1sc(NC(=O)Nc2ccc(Cl)cc2)nc1C. The molecule has 0 aliphatic carbocycles. The van der Waals surface area contributed by atoms with Crippen LogP contribution in [0.1, 0.15) is 22.3 Å². The Morgan fingerprint density at radius 3 is 2.31 bits per heavy atom. The Kier molecular flexibility index (Phi) is 7.29. The molecule has 0 spiro atoms. The number of amides is 4. The maximum atomic E-state index is 12.8. The molecule has 0 unspecified atom stereocenters. The molecule has 166 valence electrons. The zero-order valence-electron chi connectivity index (χ0n) is 17.4. The van der Waals surface area contributed by atoms with Crippen molar-refractivity contribution in [3.8, 4) is 5.75 Å². The summed E-state index contributed by atoms with van der Waals surface area (Å²) in [5, 5.41) is 11.5. The minimum Gasteiger partial charge on any atom is -0.495 e. The van der Waals surface area contributed by atoms with Gasteiger partial charge in [-0.25, -0.2) is 9.78 Å². The molecule has 1 aromatic heterocycles. The summed E-state index contributed by atoms with van der Waals surface area (Å²) in [5.41, 5.74) is 1.90. The average Bonchev–Trinajstić information content (AvgIpc) is 3.09. The van der Waals surface area contributed by atoms with E-state index in [1.54, 1.807) is 49.4 Å². The lowest BCUT2D eigenvalue weighted by Gasteiger charge is -2.12. The van der Waals surface area contributed by atoms with Crippen molar-refractivity contribution in [2.24, 2.45) is 0 Å². The molecular formula is C21H20ClN5O4S. The summed E-state index contributed by atoms with van der Waals surface area (Å²) in [6, 6.07) is 11.0. The van der Waals surface area contributed by atoms with E-state index in [4.69, 9.17) is 16.3 Å². The summed E-state index contributed by atoms with van der Waals surface area (Å²) in [6.45, 7) is 3.05. The largest absolute Gasteiger partial charge is 0.495 e. The van der Waals surface area contributed by atoms with Gasteiger partial charge in [-0.1, -0.05) is 22.9 Å². The normalized spacial score (nSPS) is 10.2. The first kappa shape index (κ1) is 23.0. The second-order valence-electron chi connectivity index (χ2n) is 6.57. The molecule has 0 bridgehead atoms. The first-order chi connectivity index (χ1) is 15.2. The fourth-order valence-electron chi connectivity index (χ4n) is 2.72. The van der Waals surface area contributed by atoms with Crippen molar-refractivity contribution < 1.29 is 19.1 Å². The predicted molar refractivity (Wildman–Crippen MR) is 126 cm³/mol. The topological polar surface area (TPSA) is 121 Å². The molecule has 3 aromatic rings. The zero-order valence-corrected chi connectivity index (χ0v) is 19.0. The number of carbonyl (C=O) groups is 3. The van der Waals surface area contributed by atoms with E-state index in [9.17, 15) is 14.4 Å². The molecule has 0 atom stereocenters. The summed E-state index contributed by atoms with van der Waals surface area (Å²) < 4.78 is 5.28. The first-order valence-electron chi connectivity index (χ1n) is 9.33. The van der Waals surface area contributed by atoms with E-state index < -0.39 is 11.9 Å². The molecule has 9 nitrogen and oxygen atoms in total. The van der Waals surface area contributed by atoms with Crippen molar-refractivity contribution in [1.82, 2.24) is 4.98 Å². The number of urea groups is 1. The Morgan fingerprint density at radius 1 is 0.969 bits per heavy atom. The molecule has 0 saturated carbocycles. The van der Waals surface area contributed by atoms with E-state index >= 15 is 0 Å². The minimum absolute atomic E-state index is 0.238. The molecule has 2 aromatic carbocycles. The summed E-state index contributed by atoms with van der Waals surface area (Å²) in [4.78, 5) is 40.9. The van der Waals surface area contributed by atoms with Gasteiger partial charge in [0.15, 0.2) is 5.13 Å². The molecule has 0 fully saturated rings. The number of nitrogens with one attached hydrogen (secondary N) is 4. The second-order valence-corrected chi connectivity index (χ2v) is 8.01.